The van der Waals surface area contributed by atoms with Crippen molar-refractivity contribution < 1.29 is 9.53 Å². The van der Waals surface area contributed by atoms with Gasteiger partial charge in [0.05, 0.1) is 30.1 Å². The number of carbonyl (C=O) groups excluding carboxylic acids is 1. The van der Waals surface area contributed by atoms with E-state index >= 15 is 0 Å². The molecule has 3 aliphatic rings. The Bertz CT molecular complexity index is 1130. The molecule has 2 aromatic carbocycles. The molecule has 1 atom stereocenters. The molecule has 3 aliphatic heterocycles. The minimum Gasteiger partial charge on any atom is -0.481 e. The Kier molecular flexibility index (Phi) is 5.17. The lowest BCUT2D eigenvalue weighted by molar-refractivity contribution is -0.0295. The third-order valence-corrected chi connectivity index (χ3v) is 7.22. The van der Waals surface area contributed by atoms with Crippen LogP contribution in [-0.4, -0.2) is 48.3 Å². The van der Waals surface area contributed by atoms with Gasteiger partial charge in [-0.1, -0.05) is 29.3 Å². The zero-order valence-corrected chi connectivity index (χ0v) is 20.1. The van der Waals surface area contributed by atoms with E-state index in [1.54, 1.807) is 14.0 Å². The third kappa shape index (κ3) is 3.28. The van der Waals surface area contributed by atoms with E-state index < -0.39 is 5.60 Å². The Morgan fingerprint density at radius 1 is 1.19 bits per heavy atom. The molecule has 1 unspecified atom stereocenters. The van der Waals surface area contributed by atoms with Gasteiger partial charge in [0.2, 0.25) is 0 Å². The van der Waals surface area contributed by atoms with E-state index in [1.807, 2.05) is 30.3 Å². The minimum absolute atomic E-state index is 0.0232. The van der Waals surface area contributed by atoms with Gasteiger partial charge in [0, 0.05) is 30.4 Å². The molecule has 32 heavy (non-hydrogen) atoms. The molecule has 0 aromatic heterocycles. The highest BCUT2D eigenvalue weighted by atomic mass is 35.5. The molecule has 0 radical (unpaired) electrons. The Labute approximate surface area is 198 Å². The van der Waals surface area contributed by atoms with Gasteiger partial charge in [-0.2, -0.15) is 0 Å². The summed E-state index contributed by atoms with van der Waals surface area (Å²) in [5.74, 6) is 0.752. The van der Waals surface area contributed by atoms with Gasteiger partial charge in [0.25, 0.3) is 0 Å². The standard InChI is InChI=1S/C24H26Cl2N4O2/c1-14(31)15-5-7-16(8-6-15)28-12-29-10-9-18-22(30(29)13-28)17-11-19(25)21(27-4)20(26)23(17)32-24(18,2)3/h5-9,11,22,27H,10,12-13H2,1-4H3. The zero-order chi connectivity index (χ0) is 22.8. The van der Waals surface area contributed by atoms with Crippen LogP contribution >= 0.6 is 23.2 Å². The van der Waals surface area contributed by atoms with E-state index in [1.165, 1.54) is 5.57 Å². The fourth-order valence-corrected chi connectivity index (χ4v) is 5.61. The largest absolute Gasteiger partial charge is 0.481 e. The summed E-state index contributed by atoms with van der Waals surface area (Å²) < 4.78 is 6.42. The zero-order valence-electron chi connectivity index (χ0n) is 18.6. The molecule has 1 N–H and O–H groups in total. The lowest BCUT2D eigenvalue weighted by Gasteiger charge is -2.48. The number of ketones is 1. The highest BCUT2D eigenvalue weighted by Gasteiger charge is 2.48. The van der Waals surface area contributed by atoms with Crippen molar-refractivity contribution in [2.24, 2.45) is 0 Å². The van der Waals surface area contributed by atoms with Crippen molar-refractivity contribution >= 4 is 40.4 Å². The summed E-state index contributed by atoms with van der Waals surface area (Å²) in [5, 5.41) is 8.86. The summed E-state index contributed by atoms with van der Waals surface area (Å²) >= 11 is 13.3. The number of Topliss-reactive ketones (excluding diaryl/α,β-unsaturated/α-hetero) is 1. The first-order valence-corrected chi connectivity index (χ1v) is 11.4. The summed E-state index contributed by atoms with van der Waals surface area (Å²) in [6.45, 7) is 8.02. The van der Waals surface area contributed by atoms with E-state index in [-0.39, 0.29) is 11.8 Å². The molecule has 8 heteroatoms. The fourth-order valence-electron chi connectivity index (χ4n) is 4.91. The monoisotopic (exact) mass is 472 g/mol. The van der Waals surface area contributed by atoms with Gasteiger partial charge in [-0.05, 0) is 56.7 Å². The lowest BCUT2D eigenvalue weighted by atomic mass is 9.82. The lowest BCUT2D eigenvalue weighted by Crippen LogP contribution is -2.51. The third-order valence-electron chi connectivity index (χ3n) is 6.57. The number of hydrogen-bond acceptors (Lipinski definition) is 6. The predicted octanol–water partition coefficient (Wildman–Crippen LogP) is 5.34. The van der Waals surface area contributed by atoms with Crippen molar-refractivity contribution in [2.75, 3.05) is 37.1 Å². The van der Waals surface area contributed by atoms with E-state index in [0.717, 1.165) is 30.0 Å². The number of nitrogens with one attached hydrogen (secondary N) is 1. The SMILES string of the molecule is CNc1c(Cl)cc2c(c1Cl)OC(C)(C)C1=CCN3CN(c4ccc(C(C)=O)cc4)CN3C12. The van der Waals surface area contributed by atoms with Crippen molar-refractivity contribution in [3.63, 3.8) is 0 Å². The summed E-state index contributed by atoms with van der Waals surface area (Å²) in [6.07, 6.45) is 2.26. The molecule has 0 bridgehead atoms. The molecular weight excluding hydrogens is 447 g/mol. The fraction of sp³-hybridized carbons (Fsp3) is 0.375. The van der Waals surface area contributed by atoms with Gasteiger partial charge in [0.15, 0.2) is 5.78 Å². The molecule has 1 saturated heterocycles. The van der Waals surface area contributed by atoms with Crippen LogP contribution in [0.5, 0.6) is 5.75 Å². The topological polar surface area (TPSA) is 48.1 Å². The van der Waals surface area contributed by atoms with Crippen LogP contribution in [-0.2, 0) is 0 Å². The van der Waals surface area contributed by atoms with Crippen LogP contribution in [0.4, 0.5) is 11.4 Å². The molecule has 168 valence electrons. The molecule has 5 rings (SSSR count). The number of anilines is 2. The van der Waals surface area contributed by atoms with Crippen molar-refractivity contribution in [3.8, 4) is 5.75 Å². The number of rotatable bonds is 3. The second-order valence-electron chi connectivity index (χ2n) is 8.94. The molecule has 0 spiro atoms. The van der Waals surface area contributed by atoms with Crippen LogP contribution in [0.15, 0.2) is 42.0 Å². The average Bonchev–Trinajstić information content (AvgIpc) is 3.19. The van der Waals surface area contributed by atoms with Gasteiger partial charge in [-0.25, -0.2) is 10.0 Å². The molecule has 0 aliphatic carbocycles. The first-order chi connectivity index (χ1) is 15.2. The summed E-state index contributed by atoms with van der Waals surface area (Å²) in [4.78, 5) is 13.9. The van der Waals surface area contributed by atoms with Gasteiger partial charge < -0.3 is 15.0 Å². The minimum atomic E-state index is -0.497. The van der Waals surface area contributed by atoms with Crippen LogP contribution in [0.25, 0.3) is 0 Å². The number of benzene rings is 2. The quantitative estimate of drug-likeness (QED) is 0.480. The smallest absolute Gasteiger partial charge is 0.159 e. The molecule has 3 heterocycles. The maximum Gasteiger partial charge on any atom is 0.159 e. The predicted molar refractivity (Wildman–Crippen MR) is 129 cm³/mol. The van der Waals surface area contributed by atoms with Crippen molar-refractivity contribution in [3.05, 3.63) is 63.2 Å². The van der Waals surface area contributed by atoms with Crippen molar-refractivity contribution in [1.82, 2.24) is 10.0 Å². The summed E-state index contributed by atoms with van der Waals surface area (Å²) in [6, 6.07) is 9.75. The van der Waals surface area contributed by atoms with Crippen LogP contribution in [0, 0.1) is 0 Å². The molecule has 2 aromatic rings. The number of hydrogen-bond donors (Lipinski definition) is 1. The van der Waals surface area contributed by atoms with Gasteiger partial charge in [0.1, 0.15) is 16.4 Å². The van der Waals surface area contributed by atoms with Crippen LogP contribution < -0.4 is 15.0 Å². The summed E-state index contributed by atoms with van der Waals surface area (Å²) in [5.41, 5.74) is 4.17. The number of hydrazine groups is 1. The second kappa shape index (κ2) is 7.66. The van der Waals surface area contributed by atoms with Crippen LogP contribution in [0.2, 0.25) is 10.0 Å². The van der Waals surface area contributed by atoms with Crippen molar-refractivity contribution in [1.29, 1.82) is 0 Å². The number of carbonyl (C=O) groups is 1. The highest BCUT2D eigenvalue weighted by molar-refractivity contribution is 6.40. The highest BCUT2D eigenvalue weighted by Crippen LogP contribution is 2.54. The summed E-state index contributed by atoms with van der Waals surface area (Å²) in [7, 11) is 1.80. The Balaban J connectivity index is 1.54. The number of fused-ring (bicyclic) bond motifs is 5. The maximum absolute atomic E-state index is 11.6. The van der Waals surface area contributed by atoms with Gasteiger partial charge >= 0.3 is 0 Å². The van der Waals surface area contributed by atoms with E-state index in [2.05, 4.69) is 40.2 Å². The molecular formula is C24H26Cl2N4O2. The average molecular weight is 473 g/mol. The molecule has 6 nitrogen and oxygen atoms in total. The van der Waals surface area contributed by atoms with Crippen molar-refractivity contribution in [2.45, 2.75) is 32.4 Å². The first-order valence-electron chi connectivity index (χ1n) is 10.7. The number of nitrogens with zero attached hydrogens (tertiary/aromatic N) is 3. The van der Waals surface area contributed by atoms with Gasteiger partial charge in [-0.15, -0.1) is 0 Å². The van der Waals surface area contributed by atoms with E-state index in [9.17, 15) is 4.79 Å². The van der Waals surface area contributed by atoms with E-state index in [0.29, 0.717) is 28.2 Å². The van der Waals surface area contributed by atoms with Crippen LogP contribution in [0.1, 0.15) is 42.7 Å². The maximum atomic E-state index is 11.6. The van der Waals surface area contributed by atoms with Crippen LogP contribution in [0.3, 0.4) is 0 Å². The van der Waals surface area contributed by atoms with Gasteiger partial charge in [-0.3, -0.25) is 4.79 Å². The molecule has 0 saturated carbocycles. The first kappa shape index (κ1) is 21.6. The Morgan fingerprint density at radius 3 is 2.56 bits per heavy atom. The molecule has 1 fully saturated rings. The Morgan fingerprint density at radius 2 is 1.91 bits per heavy atom. The number of ether oxygens (including phenoxy) is 1. The van der Waals surface area contributed by atoms with E-state index in [4.69, 9.17) is 27.9 Å². The second-order valence-corrected chi connectivity index (χ2v) is 9.73. The normalized spacial score (nSPS) is 21.9. The number of halogens is 2. The molecule has 0 amide bonds. The Hall–Kier alpha value is -2.25.